The zero-order valence-corrected chi connectivity index (χ0v) is 23.8. The van der Waals surface area contributed by atoms with Gasteiger partial charge >= 0.3 is 0 Å². The molecule has 43 heavy (non-hydrogen) atoms. The van der Waals surface area contributed by atoms with Crippen LogP contribution < -0.4 is 5.73 Å². The molecule has 3 aromatic carbocycles. The van der Waals surface area contributed by atoms with Crippen LogP contribution in [-0.4, -0.2) is 72.4 Å². The summed E-state index contributed by atoms with van der Waals surface area (Å²) in [6.45, 7) is 3.47. The lowest BCUT2D eigenvalue weighted by molar-refractivity contribution is -0.120. The number of para-hydroxylation sites is 1. The smallest absolute Gasteiger partial charge is 0.209 e. The predicted octanol–water partition coefficient (Wildman–Crippen LogP) is 5.00. The maximum absolute atomic E-state index is 11.1. The Morgan fingerprint density at radius 1 is 0.837 bits per heavy atom. The number of imidazole rings is 2. The van der Waals surface area contributed by atoms with Gasteiger partial charge in [-0.05, 0) is 37.1 Å². The van der Waals surface area contributed by atoms with Gasteiger partial charge in [-0.25, -0.2) is 15.0 Å². The lowest BCUT2D eigenvalue weighted by Gasteiger charge is -2.45. The number of anilines is 1. The highest BCUT2D eigenvalue weighted by Crippen LogP contribution is 2.42. The molecule has 1 saturated carbocycles. The molecule has 3 aromatic heterocycles. The lowest BCUT2D eigenvalue weighted by atomic mass is 9.78. The summed E-state index contributed by atoms with van der Waals surface area (Å²) >= 11 is 0. The third-order valence-corrected chi connectivity index (χ3v) is 9.08. The molecule has 0 atom stereocenters. The van der Waals surface area contributed by atoms with Gasteiger partial charge in [0, 0.05) is 67.3 Å². The van der Waals surface area contributed by atoms with Crippen LogP contribution in [0.3, 0.4) is 0 Å². The Morgan fingerprint density at radius 2 is 1.58 bits per heavy atom. The normalized spacial score (nSPS) is 19.1. The molecule has 0 bridgehead atoms. The zero-order chi connectivity index (χ0) is 28.9. The van der Waals surface area contributed by atoms with E-state index < -0.39 is 0 Å². The van der Waals surface area contributed by atoms with Crippen molar-refractivity contribution in [2.45, 2.75) is 24.8 Å². The molecular weight excluding hydrogens is 536 g/mol. The second-order valence-electron chi connectivity index (χ2n) is 11.5. The van der Waals surface area contributed by atoms with Crippen molar-refractivity contribution >= 4 is 28.8 Å². The van der Waals surface area contributed by atoms with Crippen LogP contribution in [0.15, 0.2) is 91.3 Å². The van der Waals surface area contributed by atoms with Gasteiger partial charge in [-0.3, -0.25) is 18.7 Å². The number of fused-ring (bicyclic) bond motifs is 2. The standard InChI is InChI=1S/C34H32N8O/c35-32-31-30(38-33(41(31)14-13-36-32)25-19-27(20-25)40-17-15-39(22-43)16-18-40)24-11-12-29-28(21-24)37-34(23-7-3-1-4-8-23)42(29)26-9-5-2-6-10-26/h1-14,21-22,25,27H,15-20H2,(H2,35,36)/t25-,27+. The fourth-order valence-electron chi connectivity index (χ4n) is 6.73. The molecule has 214 valence electrons. The van der Waals surface area contributed by atoms with Gasteiger partial charge in [0.05, 0.1) is 11.0 Å². The number of nitrogen functional groups attached to an aromatic ring is 1. The Bertz CT molecular complexity index is 1930. The highest BCUT2D eigenvalue weighted by molar-refractivity contribution is 5.92. The Balaban J connectivity index is 1.18. The van der Waals surface area contributed by atoms with Gasteiger partial charge in [0.2, 0.25) is 6.41 Å². The minimum Gasteiger partial charge on any atom is -0.382 e. The molecule has 2 aliphatic rings. The van der Waals surface area contributed by atoms with E-state index in [0.29, 0.717) is 17.8 Å². The predicted molar refractivity (Wildman–Crippen MR) is 168 cm³/mol. The number of rotatable bonds is 6. The van der Waals surface area contributed by atoms with E-state index in [4.69, 9.17) is 15.7 Å². The first-order valence-electron chi connectivity index (χ1n) is 14.9. The molecule has 0 radical (unpaired) electrons. The van der Waals surface area contributed by atoms with Gasteiger partial charge in [-0.15, -0.1) is 0 Å². The molecule has 1 aliphatic heterocycles. The van der Waals surface area contributed by atoms with E-state index in [1.165, 1.54) is 0 Å². The minimum atomic E-state index is 0.336. The van der Waals surface area contributed by atoms with Crippen molar-refractivity contribution in [1.29, 1.82) is 0 Å². The quantitative estimate of drug-likeness (QED) is 0.284. The van der Waals surface area contributed by atoms with Crippen molar-refractivity contribution in [3.8, 4) is 28.3 Å². The van der Waals surface area contributed by atoms with Crippen LogP contribution in [0, 0.1) is 0 Å². The molecule has 4 heterocycles. The molecule has 1 amide bonds. The number of hydrogen-bond donors (Lipinski definition) is 1. The fourth-order valence-corrected chi connectivity index (χ4v) is 6.73. The summed E-state index contributed by atoms with van der Waals surface area (Å²) in [5.41, 5.74) is 13.2. The van der Waals surface area contributed by atoms with E-state index in [0.717, 1.165) is 96.1 Å². The van der Waals surface area contributed by atoms with Crippen LogP contribution in [0.2, 0.25) is 0 Å². The Labute approximate surface area is 249 Å². The monoisotopic (exact) mass is 568 g/mol. The molecule has 1 aliphatic carbocycles. The Morgan fingerprint density at radius 3 is 2.33 bits per heavy atom. The number of aromatic nitrogens is 5. The number of benzene rings is 3. The first-order valence-corrected chi connectivity index (χ1v) is 14.9. The molecule has 0 unspecified atom stereocenters. The van der Waals surface area contributed by atoms with Crippen LogP contribution in [0.4, 0.5) is 5.82 Å². The van der Waals surface area contributed by atoms with Gasteiger partial charge in [-0.2, -0.15) is 0 Å². The molecule has 0 spiro atoms. The van der Waals surface area contributed by atoms with E-state index in [1.807, 2.05) is 35.4 Å². The first-order chi connectivity index (χ1) is 21.2. The largest absolute Gasteiger partial charge is 0.382 e. The summed E-state index contributed by atoms with van der Waals surface area (Å²) in [5, 5.41) is 0. The van der Waals surface area contributed by atoms with Crippen molar-refractivity contribution < 1.29 is 4.79 Å². The highest BCUT2D eigenvalue weighted by Gasteiger charge is 2.38. The average Bonchev–Trinajstić information content (AvgIpc) is 3.61. The van der Waals surface area contributed by atoms with Gasteiger partial charge in [-0.1, -0.05) is 54.6 Å². The van der Waals surface area contributed by atoms with Crippen molar-refractivity contribution in [2.24, 2.45) is 0 Å². The van der Waals surface area contributed by atoms with E-state index in [1.54, 1.807) is 6.20 Å². The zero-order valence-electron chi connectivity index (χ0n) is 23.8. The second-order valence-corrected chi connectivity index (χ2v) is 11.5. The van der Waals surface area contributed by atoms with Gasteiger partial charge < -0.3 is 10.6 Å². The number of carbonyl (C=O) groups is 1. The van der Waals surface area contributed by atoms with Crippen molar-refractivity contribution in [2.75, 3.05) is 31.9 Å². The summed E-state index contributed by atoms with van der Waals surface area (Å²) in [6, 6.07) is 27.5. The molecule has 2 fully saturated rings. The first kappa shape index (κ1) is 25.7. The summed E-state index contributed by atoms with van der Waals surface area (Å²) in [4.78, 5) is 30.3. The fraction of sp³-hybridized carbons (Fsp3) is 0.235. The third-order valence-electron chi connectivity index (χ3n) is 9.08. The van der Waals surface area contributed by atoms with E-state index in [-0.39, 0.29) is 0 Å². The van der Waals surface area contributed by atoms with E-state index >= 15 is 0 Å². The summed E-state index contributed by atoms with van der Waals surface area (Å²) in [5.74, 6) is 2.73. The molecule has 2 N–H and O–H groups in total. The second kappa shape index (κ2) is 10.4. The summed E-state index contributed by atoms with van der Waals surface area (Å²) in [6.07, 6.45) is 6.78. The van der Waals surface area contributed by atoms with Crippen molar-refractivity contribution in [1.82, 2.24) is 33.7 Å². The highest BCUT2D eigenvalue weighted by atomic mass is 16.1. The molecule has 9 heteroatoms. The molecule has 1 saturated heterocycles. The van der Waals surface area contributed by atoms with E-state index in [2.05, 4.69) is 73.4 Å². The van der Waals surface area contributed by atoms with Gasteiger partial charge in [0.25, 0.3) is 0 Å². The number of carbonyl (C=O) groups excluding carboxylic acids is 1. The summed E-state index contributed by atoms with van der Waals surface area (Å²) < 4.78 is 4.34. The van der Waals surface area contributed by atoms with Crippen molar-refractivity contribution in [3.05, 3.63) is 97.1 Å². The number of nitrogens with two attached hydrogens (primary N) is 1. The number of piperazine rings is 1. The van der Waals surface area contributed by atoms with Gasteiger partial charge in [0.1, 0.15) is 28.7 Å². The van der Waals surface area contributed by atoms with Crippen LogP contribution in [0.1, 0.15) is 24.6 Å². The maximum Gasteiger partial charge on any atom is 0.209 e. The Hall–Kier alpha value is -5.02. The molecule has 8 rings (SSSR count). The van der Waals surface area contributed by atoms with Crippen LogP contribution >= 0.6 is 0 Å². The average molecular weight is 569 g/mol. The van der Waals surface area contributed by atoms with Crippen LogP contribution in [-0.2, 0) is 4.79 Å². The molecular formula is C34H32N8O. The number of hydrogen-bond acceptors (Lipinski definition) is 6. The summed E-state index contributed by atoms with van der Waals surface area (Å²) in [7, 11) is 0. The SMILES string of the molecule is Nc1nccn2c1c(-c1ccc3c(c1)nc(-c1ccccc1)n3-c1ccccc1)nc2[C@H]1C[C@@H](N2CCN(C=O)CC2)C1. The molecule has 9 nitrogen and oxygen atoms in total. The van der Waals surface area contributed by atoms with Crippen LogP contribution in [0.25, 0.3) is 44.9 Å². The topological polar surface area (TPSA) is 97.6 Å². The van der Waals surface area contributed by atoms with Gasteiger partial charge in [0.15, 0.2) is 0 Å². The van der Waals surface area contributed by atoms with Crippen LogP contribution in [0.5, 0.6) is 0 Å². The number of nitrogens with zero attached hydrogens (tertiary/aromatic N) is 7. The maximum atomic E-state index is 11.1. The third kappa shape index (κ3) is 4.35. The Kier molecular flexibility index (Phi) is 6.18. The van der Waals surface area contributed by atoms with Crippen molar-refractivity contribution in [3.63, 3.8) is 0 Å². The number of amides is 1. The minimum absolute atomic E-state index is 0.336. The van der Waals surface area contributed by atoms with E-state index in [9.17, 15) is 4.79 Å². The molecule has 6 aromatic rings. The lowest BCUT2D eigenvalue weighted by Crippen LogP contribution is -2.53.